The third-order valence-corrected chi connectivity index (χ3v) is 1.52. The van der Waals surface area contributed by atoms with Gasteiger partial charge in [-0.1, -0.05) is 0 Å². The maximum absolute atomic E-state index is 11.5. The minimum atomic E-state index is -0.795. The molecule has 3 N–H and O–H groups in total. The molecule has 0 saturated carbocycles. The van der Waals surface area contributed by atoms with Crippen LogP contribution < -0.4 is 5.73 Å². The smallest absolute Gasteiger partial charge is 0.329 e. The summed E-state index contributed by atoms with van der Waals surface area (Å²) < 4.78 is 5.11. The third-order valence-electron chi connectivity index (χ3n) is 1.52. The van der Waals surface area contributed by atoms with E-state index in [-0.39, 0.29) is 0 Å². The highest BCUT2D eigenvalue weighted by Gasteiger charge is 2.23. The molecule has 1 aromatic rings. The average Bonchev–Trinajstić information content (AvgIpc) is 2.51. The monoisotopic (exact) mass is 197 g/mol. The lowest BCUT2D eigenvalue weighted by atomic mass is 10.1. The van der Waals surface area contributed by atoms with Gasteiger partial charge in [-0.2, -0.15) is 5.10 Å². The zero-order chi connectivity index (χ0) is 10.8. The molecule has 0 bridgehead atoms. The van der Waals surface area contributed by atoms with Gasteiger partial charge in [0.1, 0.15) is 11.6 Å². The summed E-state index contributed by atoms with van der Waals surface area (Å²) in [5.41, 5.74) is 5.68. The fourth-order valence-electron chi connectivity index (χ4n) is 0.932. The molecule has 1 unspecified atom stereocenters. The standard InChI is InChI=1S/C9H15N3O2/c1-9(2,3)14-8(13)7(10)6-4-5-11-12-6/h4-5,7H,10H2,1-3H3,(H,11,12). The number of aromatic nitrogens is 2. The Balaban J connectivity index is 2.63. The molecule has 0 radical (unpaired) electrons. The Labute approximate surface area is 82.6 Å². The van der Waals surface area contributed by atoms with Crippen molar-refractivity contribution in [3.05, 3.63) is 18.0 Å². The molecule has 1 heterocycles. The van der Waals surface area contributed by atoms with Crippen molar-refractivity contribution in [2.24, 2.45) is 5.73 Å². The molecule has 1 atom stereocenters. The third kappa shape index (κ3) is 2.85. The highest BCUT2D eigenvalue weighted by molar-refractivity contribution is 5.77. The van der Waals surface area contributed by atoms with Gasteiger partial charge in [-0.25, -0.2) is 4.79 Å². The molecule has 0 aliphatic carbocycles. The van der Waals surface area contributed by atoms with Gasteiger partial charge < -0.3 is 10.5 Å². The highest BCUT2D eigenvalue weighted by atomic mass is 16.6. The second-order valence-electron chi connectivity index (χ2n) is 4.02. The normalized spacial score (nSPS) is 13.7. The molecular formula is C9H15N3O2. The molecule has 5 nitrogen and oxygen atoms in total. The van der Waals surface area contributed by atoms with E-state index in [1.807, 2.05) is 0 Å². The first kappa shape index (κ1) is 10.7. The Hall–Kier alpha value is -1.36. The lowest BCUT2D eigenvalue weighted by molar-refractivity contribution is -0.156. The molecule has 0 amide bonds. The Morgan fingerprint density at radius 3 is 2.71 bits per heavy atom. The Morgan fingerprint density at radius 1 is 1.64 bits per heavy atom. The zero-order valence-corrected chi connectivity index (χ0v) is 8.57. The number of carbonyl (C=O) groups is 1. The number of H-pyrrole nitrogens is 1. The SMILES string of the molecule is CC(C)(C)OC(=O)C(N)c1ccn[nH]1. The molecule has 14 heavy (non-hydrogen) atoms. The molecule has 0 aliphatic heterocycles. The largest absolute Gasteiger partial charge is 0.459 e. The van der Waals surface area contributed by atoms with Crippen molar-refractivity contribution in [3.63, 3.8) is 0 Å². The van der Waals surface area contributed by atoms with Crippen LogP contribution in [0.2, 0.25) is 0 Å². The number of hydrogen-bond acceptors (Lipinski definition) is 4. The highest BCUT2D eigenvalue weighted by Crippen LogP contribution is 2.14. The molecule has 0 spiro atoms. The first-order chi connectivity index (χ1) is 6.40. The van der Waals surface area contributed by atoms with Gasteiger partial charge in [0, 0.05) is 6.20 Å². The van der Waals surface area contributed by atoms with Gasteiger partial charge in [0.25, 0.3) is 0 Å². The summed E-state index contributed by atoms with van der Waals surface area (Å²) in [6.07, 6.45) is 1.54. The lowest BCUT2D eigenvalue weighted by Crippen LogP contribution is -2.31. The van der Waals surface area contributed by atoms with E-state index in [0.717, 1.165) is 0 Å². The summed E-state index contributed by atoms with van der Waals surface area (Å²) in [5.74, 6) is -0.457. The summed E-state index contributed by atoms with van der Waals surface area (Å²) in [7, 11) is 0. The minimum Gasteiger partial charge on any atom is -0.459 e. The average molecular weight is 197 g/mol. The minimum absolute atomic E-state index is 0.457. The summed E-state index contributed by atoms with van der Waals surface area (Å²) >= 11 is 0. The first-order valence-corrected chi connectivity index (χ1v) is 4.38. The molecule has 1 rings (SSSR count). The fourth-order valence-corrected chi connectivity index (χ4v) is 0.932. The zero-order valence-electron chi connectivity index (χ0n) is 8.57. The van der Waals surface area contributed by atoms with E-state index in [4.69, 9.17) is 10.5 Å². The van der Waals surface area contributed by atoms with E-state index >= 15 is 0 Å². The van der Waals surface area contributed by atoms with Crippen LogP contribution in [0.5, 0.6) is 0 Å². The van der Waals surface area contributed by atoms with Crippen molar-refractivity contribution in [1.82, 2.24) is 10.2 Å². The maximum Gasteiger partial charge on any atom is 0.329 e. The van der Waals surface area contributed by atoms with Crippen molar-refractivity contribution < 1.29 is 9.53 Å². The number of ether oxygens (including phenoxy) is 1. The van der Waals surface area contributed by atoms with Crippen LogP contribution in [0.3, 0.4) is 0 Å². The topological polar surface area (TPSA) is 81.0 Å². The fraction of sp³-hybridized carbons (Fsp3) is 0.556. The Bertz CT molecular complexity index is 300. The number of hydrogen-bond donors (Lipinski definition) is 2. The van der Waals surface area contributed by atoms with Gasteiger partial charge in [-0.3, -0.25) is 5.10 Å². The molecule has 0 fully saturated rings. The van der Waals surface area contributed by atoms with E-state index in [1.54, 1.807) is 33.0 Å². The quantitative estimate of drug-likeness (QED) is 0.685. The second kappa shape index (κ2) is 3.79. The van der Waals surface area contributed by atoms with Crippen LogP contribution in [-0.4, -0.2) is 21.8 Å². The van der Waals surface area contributed by atoms with Crippen LogP contribution >= 0.6 is 0 Å². The summed E-state index contributed by atoms with van der Waals surface area (Å²) in [6.45, 7) is 5.39. The molecule has 1 aromatic heterocycles. The van der Waals surface area contributed by atoms with Crippen LogP contribution in [0.25, 0.3) is 0 Å². The van der Waals surface area contributed by atoms with Gasteiger partial charge in [-0.15, -0.1) is 0 Å². The van der Waals surface area contributed by atoms with Gasteiger partial charge in [0.05, 0.1) is 5.69 Å². The van der Waals surface area contributed by atoms with Gasteiger partial charge in [0.15, 0.2) is 0 Å². The van der Waals surface area contributed by atoms with Crippen LogP contribution in [0.15, 0.2) is 12.3 Å². The number of esters is 1. The number of nitrogens with zero attached hydrogens (tertiary/aromatic N) is 1. The molecule has 0 aromatic carbocycles. The summed E-state index contributed by atoms with van der Waals surface area (Å²) in [5, 5.41) is 6.34. The van der Waals surface area contributed by atoms with Crippen molar-refractivity contribution in [2.75, 3.05) is 0 Å². The predicted octanol–water partition coefficient (Wildman–Crippen LogP) is 0.751. The van der Waals surface area contributed by atoms with E-state index in [0.29, 0.717) is 5.69 Å². The van der Waals surface area contributed by atoms with Gasteiger partial charge in [-0.05, 0) is 26.8 Å². The maximum atomic E-state index is 11.5. The van der Waals surface area contributed by atoms with E-state index in [9.17, 15) is 4.79 Å². The van der Waals surface area contributed by atoms with Crippen molar-refractivity contribution >= 4 is 5.97 Å². The van der Waals surface area contributed by atoms with Crippen LogP contribution in [0, 0.1) is 0 Å². The number of rotatable bonds is 2. The number of nitrogens with one attached hydrogen (secondary N) is 1. The number of aromatic amines is 1. The number of carbonyl (C=O) groups excluding carboxylic acids is 1. The van der Waals surface area contributed by atoms with Crippen molar-refractivity contribution in [3.8, 4) is 0 Å². The molecule has 0 aliphatic rings. The molecule has 5 heteroatoms. The first-order valence-electron chi connectivity index (χ1n) is 4.38. The second-order valence-corrected chi connectivity index (χ2v) is 4.02. The van der Waals surface area contributed by atoms with Crippen LogP contribution in [0.4, 0.5) is 0 Å². The lowest BCUT2D eigenvalue weighted by Gasteiger charge is -2.21. The molecular weight excluding hydrogens is 182 g/mol. The van der Waals surface area contributed by atoms with Crippen molar-refractivity contribution in [2.45, 2.75) is 32.4 Å². The molecule has 78 valence electrons. The Kier molecular flexibility index (Phi) is 2.90. The van der Waals surface area contributed by atoms with Gasteiger partial charge in [0.2, 0.25) is 0 Å². The van der Waals surface area contributed by atoms with E-state index in [1.165, 1.54) is 0 Å². The Morgan fingerprint density at radius 2 is 2.29 bits per heavy atom. The van der Waals surface area contributed by atoms with Crippen LogP contribution in [-0.2, 0) is 9.53 Å². The van der Waals surface area contributed by atoms with Gasteiger partial charge >= 0.3 is 5.97 Å². The van der Waals surface area contributed by atoms with Crippen LogP contribution in [0.1, 0.15) is 32.5 Å². The predicted molar refractivity (Wildman–Crippen MR) is 51.4 cm³/mol. The molecule has 0 saturated heterocycles. The van der Waals surface area contributed by atoms with Crippen molar-refractivity contribution in [1.29, 1.82) is 0 Å². The van der Waals surface area contributed by atoms with E-state index in [2.05, 4.69) is 10.2 Å². The summed E-state index contributed by atoms with van der Waals surface area (Å²) in [4.78, 5) is 11.5. The van der Waals surface area contributed by atoms with E-state index < -0.39 is 17.6 Å². The summed E-state index contributed by atoms with van der Waals surface area (Å²) in [6, 6.07) is 0.853. The number of nitrogens with two attached hydrogens (primary N) is 1.